The number of anilines is 2. The summed E-state index contributed by atoms with van der Waals surface area (Å²) in [6.07, 6.45) is 4.34. The lowest BCUT2D eigenvalue weighted by Gasteiger charge is -2.36. The van der Waals surface area contributed by atoms with Gasteiger partial charge in [-0.15, -0.1) is 23.5 Å². The fourth-order valence-electron chi connectivity index (χ4n) is 3.24. The first-order chi connectivity index (χ1) is 11.6. The van der Waals surface area contributed by atoms with Gasteiger partial charge in [-0.05, 0) is 48.8 Å². The number of phenolic OH excluding ortho intramolecular Hbond substituents is 1. The Labute approximate surface area is 153 Å². The summed E-state index contributed by atoms with van der Waals surface area (Å²) in [7, 11) is 0. The van der Waals surface area contributed by atoms with Crippen LogP contribution in [0.4, 0.5) is 11.4 Å². The van der Waals surface area contributed by atoms with E-state index in [9.17, 15) is 5.11 Å². The van der Waals surface area contributed by atoms with Crippen LogP contribution in [0.2, 0.25) is 0 Å². The molecule has 2 aromatic rings. The van der Waals surface area contributed by atoms with Gasteiger partial charge in [-0.1, -0.05) is 32.0 Å². The molecule has 0 radical (unpaired) electrons. The van der Waals surface area contributed by atoms with Gasteiger partial charge in [-0.2, -0.15) is 0 Å². The number of aromatic hydroxyl groups is 1. The maximum absolute atomic E-state index is 10.3. The number of hydrogen-bond donors (Lipinski definition) is 1. The van der Waals surface area contributed by atoms with Gasteiger partial charge < -0.3 is 10.0 Å². The highest BCUT2D eigenvalue weighted by molar-refractivity contribution is 7.99. The number of para-hydroxylation sites is 1. The minimum absolute atomic E-state index is 0.286. The van der Waals surface area contributed by atoms with Gasteiger partial charge in [0.25, 0.3) is 0 Å². The van der Waals surface area contributed by atoms with E-state index in [1.807, 2.05) is 24.1 Å². The largest absolute Gasteiger partial charge is 0.507 e. The summed E-state index contributed by atoms with van der Waals surface area (Å²) in [5.41, 5.74) is 2.73. The minimum Gasteiger partial charge on any atom is -0.507 e. The minimum atomic E-state index is 0.286. The molecule has 0 aliphatic carbocycles. The summed E-state index contributed by atoms with van der Waals surface area (Å²) in [4.78, 5) is 4.57. The van der Waals surface area contributed by atoms with Gasteiger partial charge in [0.1, 0.15) is 5.75 Å². The molecule has 0 fully saturated rings. The molecule has 0 atom stereocenters. The number of thioether (sulfide) groups is 2. The fourth-order valence-corrected chi connectivity index (χ4v) is 5.21. The van der Waals surface area contributed by atoms with Crippen LogP contribution in [-0.2, 0) is 0 Å². The highest BCUT2D eigenvalue weighted by Crippen LogP contribution is 2.48. The third-order valence-electron chi connectivity index (χ3n) is 5.15. The molecule has 0 bridgehead atoms. The molecule has 0 saturated carbocycles. The van der Waals surface area contributed by atoms with E-state index in [-0.39, 0.29) is 5.41 Å². The second-order valence-electron chi connectivity index (χ2n) is 6.41. The van der Waals surface area contributed by atoms with Crippen molar-refractivity contribution in [2.75, 3.05) is 23.5 Å². The molecule has 128 valence electrons. The summed E-state index contributed by atoms with van der Waals surface area (Å²) >= 11 is 3.48. The van der Waals surface area contributed by atoms with Crippen LogP contribution in [0.3, 0.4) is 0 Å². The van der Waals surface area contributed by atoms with Crippen molar-refractivity contribution >= 4 is 34.9 Å². The lowest BCUT2D eigenvalue weighted by atomic mass is 9.83. The van der Waals surface area contributed by atoms with E-state index in [2.05, 4.69) is 55.1 Å². The highest BCUT2D eigenvalue weighted by atomic mass is 32.2. The molecule has 1 aliphatic heterocycles. The van der Waals surface area contributed by atoms with Crippen molar-refractivity contribution in [3.05, 3.63) is 42.5 Å². The molecule has 0 amide bonds. The SMILES string of the molecule is CCC1(CC)CSc2cc(O)c(SC)cc2N(c2ccccc2)C1. The molecule has 1 heterocycles. The van der Waals surface area contributed by atoms with Crippen LogP contribution < -0.4 is 4.90 Å². The van der Waals surface area contributed by atoms with E-state index < -0.39 is 0 Å². The second kappa shape index (κ2) is 7.32. The molecule has 1 N–H and O–H groups in total. The average molecular weight is 360 g/mol. The Hall–Kier alpha value is -1.26. The predicted molar refractivity (Wildman–Crippen MR) is 107 cm³/mol. The van der Waals surface area contributed by atoms with Crippen LogP contribution in [0, 0.1) is 5.41 Å². The zero-order valence-electron chi connectivity index (χ0n) is 14.6. The van der Waals surface area contributed by atoms with Crippen molar-refractivity contribution < 1.29 is 5.11 Å². The van der Waals surface area contributed by atoms with E-state index in [0.29, 0.717) is 5.75 Å². The number of rotatable bonds is 4. The molecule has 2 nitrogen and oxygen atoms in total. The Balaban J connectivity index is 2.15. The summed E-state index contributed by atoms with van der Waals surface area (Å²) in [6, 6.07) is 14.7. The first-order valence-electron chi connectivity index (χ1n) is 8.49. The Morgan fingerprint density at radius 3 is 2.50 bits per heavy atom. The van der Waals surface area contributed by atoms with Gasteiger partial charge in [0, 0.05) is 22.9 Å². The van der Waals surface area contributed by atoms with Crippen LogP contribution in [-0.4, -0.2) is 23.7 Å². The number of nitrogens with zero attached hydrogens (tertiary/aromatic N) is 1. The van der Waals surface area contributed by atoms with Crippen LogP contribution in [0.1, 0.15) is 26.7 Å². The summed E-state index contributed by atoms with van der Waals surface area (Å²) in [6.45, 7) is 5.62. The molecule has 0 spiro atoms. The highest BCUT2D eigenvalue weighted by Gasteiger charge is 2.34. The summed E-state index contributed by atoms with van der Waals surface area (Å²) in [5.74, 6) is 1.48. The van der Waals surface area contributed by atoms with Crippen LogP contribution in [0.25, 0.3) is 0 Å². The van der Waals surface area contributed by atoms with E-state index in [4.69, 9.17) is 0 Å². The van der Waals surface area contributed by atoms with E-state index in [1.54, 1.807) is 11.8 Å². The quantitative estimate of drug-likeness (QED) is 0.660. The molecule has 0 saturated heterocycles. The van der Waals surface area contributed by atoms with E-state index in [1.165, 1.54) is 16.3 Å². The van der Waals surface area contributed by atoms with Crippen molar-refractivity contribution in [3.8, 4) is 5.75 Å². The second-order valence-corrected chi connectivity index (χ2v) is 8.27. The first-order valence-corrected chi connectivity index (χ1v) is 10.7. The van der Waals surface area contributed by atoms with Gasteiger partial charge in [-0.25, -0.2) is 0 Å². The Morgan fingerprint density at radius 1 is 1.17 bits per heavy atom. The van der Waals surface area contributed by atoms with Crippen molar-refractivity contribution in [1.82, 2.24) is 0 Å². The van der Waals surface area contributed by atoms with Gasteiger partial charge in [0.15, 0.2) is 0 Å². The summed E-state index contributed by atoms with van der Waals surface area (Å²) < 4.78 is 0. The van der Waals surface area contributed by atoms with Crippen LogP contribution in [0.15, 0.2) is 52.3 Å². The van der Waals surface area contributed by atoms with Gasteiger partial charge in [0.2, 0.25) is 0 Å². The first kappa shape index (κ1) is 17.6. The molecule has 4 heteroatoms. The van der Waals surface area contributed by atoms with Gasteiger partial charge >= 0.3 is 0 Å². The third-order valence-corrected chi connectivity index (χ3v) is 7.31. The normalized spacial score (nSPS) is 16.5. The molecule has 3 rings (SSSR count). The Bertz CT molecular complexity index is 698. The monoisotopic (exact) mass is 359 g/mol. The Kier molecular flexibility index (Phi) is 5.36. The lowest BCUT2D eigenvalue weighted by Crippen LogP contribution is -2.35. The number of hydrogen-bond acceptors (Lipinski definition) is 4. The molecule has 1 aliphatic rings. The number of fused-ring (bicyclic) bond motifs is 1. The van der Waals surface area contributed by atoms with E-state index in [0.717, 1.165) is 30.0 Å². The zero-order chi connectivity index (χ0) is 17.2. The maximum atomic E-state index is 10.3. The lowest BCUT2D eigenvalue weighted by molar-refractivity contribution is 0.319. The molecular formula is C20H25NOS2. The van der Waals surface area contributed by atoms with E-state index >= 15 is 0 Å². The van der Waals surface area contributed by atoms with Gasteiger partial charge in [0.05, 0.1) is 10.6 Å². The Morgan fingerprint density at radius 2 is 1.88 bits per heavy atom. The van der Waals surface area contributed by atoms with Crippen LogP contribution in [0.5, 0.6) is 5.75 Å². The standard InChI is InChI=1S/C20H25NOS2/c1-4-20(5-2)13-21(15-9-7-6-8-10-15)16-11-19(23-3)17(22)12-18(16)24-14-20/h6-12,22H,4-5,13-14H2,1-3H3. The molecule has 0 unspecified atom stereocenters. The molecule has 0 aromatic heterocycles. The molecule has 24 heavy (non-hydrogen) atoms. The third kappa shape index (κ3) is 3.27. The van der Waals surface area contributed by atoms with Crippen molar-refractivity contribution in [3.63, 3.8) is 0 Å². The van der Waals surface area contributed by atoms with Crippen molar-refractivity contribution in [2.45, 2.75) is 36.5 Å². The molecule has 2 aromatic carbocycles. The zero-order valence-corrected chi connectivity index (χ0v) is 16.2. The smallest absolute Gasteiger partial charge is 0.130 e. The summed E-state index contributed by atoms with van der Waals surface area (Å²) in [5, 5.41) is 10.3. The van der Waals surface area contributed by atoms with Gasteiger partial charge in [-0.3, -0.25) is 0 Å². The predicted octanol–water partition coefficient (Wildman–Crippen LogP) is 6.16. The van der Waals surface area contributed by atoms with Crippen LogP contribution >= 0.6 is 23.5 Å². The topological polar surface area (TPSA) is 23.5 Å². The maximum Gasteiger partial charge on any atom is 0.130 e. The van der Waals surface area contributed by atoms with Crippen molar-refractivity contribution in [1.29, 1.82) is 0 Å². The number of phenols is 1. The fraction of sp³-hybridized carbons (Fsp3) is 0.400. The molecular weight excluding hydrogens is 334 g/mol. The number of benzene rings is 2. The average Bonchev–Trinajstić information content (AvgIpc) is 2.79. The van der Waals surface area contributed by atoms with Crippen molar-refractivity contribution in [2.24, 2.45) is 5.41 Å².